The number of hydrogen-bond donors (Lipinski definition) is 0. The maximum absolute atomic E-state index is 9.88. The molecule has 1 aromatic carbocycles. The van der Waals surface area contributed by atoms with E-state index in [2.05, 4.69) is 15.1 Å². The van der Waals surface area contributed by atoms with Crippen LogP contribution >= 0.6 is 0 Å². The van der Waals surface area contributed by atoms with Crippen LogP contribution in [0.2, 0.25) is 0 Å². The summed E-state index contributed by atoms with van der Waals surface area (Å²) in [7, 11) is 0. The summed E-state index contributed by atoms with van der Waals surface area (Å²) in [5, 5.41) is 7.31. The number of nitrogens with zero attached hydrogens (tertiary/aromatic N) is 3. The summed E-state index contributed by atoms with van der Waals surface area (Å²) in [6.07, 6.45) is 0. The van der Waals surface area contributed by atoms with Crippen molar-refractivity contribution >= 4 is 17.5 Å². The number of rotatable bonds is 2. The molecule has 0 aliphatic rings. The van der Waals surface area contributed by atoms with Crippen LogP contribution in [-0.2, 0) is 4.79 Å². The van der Waals surface area contributed by atoms with Gasteiger partial charge < -0.3 is 4.84 Å². The Morgan fingerprint density at radius 3 is 3.08 bits per heavy atom. The van der Waals surface area contributed by atoms with Crippen molar-refractivity contribution in [2.24, 2.45) is 0 Å². The molecule has 1 aromatic heterocycles. The average Bonchev–Trinajstić information content (AvgIpc) is 2.50. The summed E-state index contributed by atoms with van der Waals surface area (Å²) in [4.78, 5) is 15.3. The second kappa shape index (κ2) is 2.61. The Bertz CT molecular complexity index is 410. The number of carbonyl (C=O) groups excluding carboxylic acids is 1. The summed E-state index contributed by atoms with van der Waals surface area (Å²) >= 11 is 0. The number of fused-ring (bicyclic) bond motifs is 1. The zero-order valence-corrected chi connectivity index (χ0v) is 5.97. The van der Waals surface area contributed by atoms with E-state index in [9.17, 15) is 4.79 Å². The first-order valence-electron chi connectivity index (χ1n) is 3.27. The van der Waals surface area contributed by atoms with E-state index in [0.717, 1.165) is 4.85 Å². The van der Waals surface area contributed by atoms with Crippen LogP contribution in [-0.4, -0.2) is 21.6 Å². The second-order valence-corrected chi connectivity index (χ2v) is 2.13. The van der Waals surface area contributed by atoms with Crippen LogP contribution in [0.15, 0.2) is 24.3 Å². The first kappa shape index (κ1) is 6.78. The number of aromatic nitrogens is 3. The highest BCUT2D eigenvalue weighted by molar-refractivity contribution is 5.73. The van der Waals surface area contributed by atoms with Crippen molar-refractivity contribution in [1.82, 2.24) is 15.2 Å². The zero-order chi connectivity index (χ0) is 8.39. The minimum Gasteiger partial charge on any atom is -0.305 e. The van der Waals surface area contributed by atoms with Gasteiger partial charge in [0.15, 0.2) is 0 Å². The molecular formula is C7H4N3O2. The Kier molecular flexibility index (Phi) is 1.48. The van der Waals surface area contributed by atoms with Gasteiger partial charge in [-0.15, -0.1) is 5.10 Å². The molecule has 5 heteroatoms. The van der Waals surface area contributed by atoms with E-state index in [1.54, 1.807) is 18.2 Å². The van der Waals surface area contributed by atoms with Crippen molar-refractivity contribution in [3.8, 4) is 0 Å². The molecule has 2 rings (SSSR count). The Labute approximate surface area is 67.5 Å². The predicted molar refractivity (Wildman–Crippen MR) is 39.8 cm³/mol. The van der Waals surface area contributed by atoms with E-state index >= 15 is 0 Å². The largest absolute Gasteiger partial charge is 0.445 e. The van der Waals surface area contributed by atoms with E-state index in [1.807, 2.05) is 6.07 Å². The lowest BCUT2D eigenvalue weighted by Crippen LogP contribution is -2.10. The molecule has 59 valence electrons. The van der Waals surface area contributed by atoms with Gasteiger partial charge in [0.25, 0.3) is 0 Å². The lowest BCUT2D eigenvalue weighted by Gasteiger charge is -1.92. The molecule has 0 bridgehead atoms. The third kappa shape index (κ3) is 0.914. The molecule has 0 saturated carbocycles. The Morgan fingerprint density at radius 2 is 2.25 bits per heavy atom. The topological polar surface area (TPSA) is 57.0 Å². The van der Waals surface area contributed by atoms with Gasteiger partial charge in [0.05, 0.1) is 0 Å². The Morgan fingerprint density at radius 1 is 1.42 bits per heavy atom. The lowest BCUT2D eigenvalue weighted by atomic mass is 10.3. The van der Waals surface area contributed by atoms with Gasteiger partial charge in [-0.3, -0.25) is 0 Å². The molecular weight excluding hydrogens is 158 g/mol. The molecule has 5 nitrogen and oxygen atoms in total. The number of hydrogen-bond acceptors (Lipinski definition) is 4. The quantitative estimate of drug-likeness (QED) is 0.580. The molecule has 0 saturated heterocycles. The van der Waals surface area contributed by atoms with Crippen LogP contribution in [0.3, 0.4) is 0 Å². The van der Waals surface area contributed by atoms with Gasteiger partial charge in [-0.25, -0.2) is 4.79 Å². The van der Waals surface area contributed by atoms with Crippen LogP contribution in [0.25, 0.3) is 11.0 Å². The monoisotopic (exact) mass is 162 g/mol. The summed E-state index contributed by atoms with van der Waals surface area (Å²) < 4.78 is 0. The first-order chi connectivity index (χ1) is 5.92. The normalized spacial score (nSPS) is 10.0. The molecule has 0 fully saturated rings. The minimum absolute atomic E-state index is 0.640. The fourth-order valence-electron chi connectivity index (χ4n) is 0.950. The molecule has 0 N–H and O–H groups in total. The highest BCUT2D eigenvalue weighted by Gasteiger charge is 2.02. The molecule has 0 amide bonds. The number of para-hydroxylation sites is 1. The van der Waals surface area contributed by atoms with Crippen molar-refractivity contribution in [1.29, 1.82) is 0 Å². The molecule has 0 aliphatic heterocycles. The summed E-state index contributed by atoms with van der Waals surface area (Å²) in [5.74, 6) is 0. The van der Waals surface area contributed by atoms with Crippen LogP contribution in [0, 0.1) is 0 Å². The van der Waals surface area contributed by atoms with Crippen LogP contribution in [0.4, 0.5) is 0 Å². The molecule has 1 heterocycles. The van der Waals surface area contributed by atoms with Crippen molar-refractivity contribution < 1.29 is 9.63 Å². The highest BCUT2D eigenvalue weighted by atomic mass is 16.7. The van der Waals surface area contributed by atoms with Crippen molar-refractivity contribution in [3.63, 3.8) is 0 Å². The van der Waals surface area contributed by atoms with Gasteiger partial charge >= 0.3 is 6.47 Å². The molecule has 2 aromatic rings. The van der Waals surface area contributed by atoms with Crippen molar-refractivity contribution in [2.45, 2.75) is 0 Å². The third-order valence-electron chi connectivity index (χ3n) is 1.45. The predicted octanol–water partition coefficient (Wildman–Crippen LogP) is -0.0729. The highest BCUT2D eigenvalue weighted by Crippen LogP contribution is 2.07. The average molecular weight is 162 g/mol. The summed E-state index contributed by atoms with van der Waals surface area (Å²) in [6, 6.07) is 7.14. The SMILES string of the molecule is O=[C]On1nnc2ccccc21. The lowest BCUT2D eigenvalue weighted by molar-refractivity contribution is 0.211. The van der Waals surface area contributed by atoms with E-state index < -0.39 is 0 Å². The van der Waals surface area contributed by atoms with Crippen LogP contribution in [0.1, 0.15) is 0 Å². The number of benzene rings is 1. The minimum atomic E-state index is 0.640. The van der Waals surface area contributed by atoms with E-state index in [-0.39, 0.29) is 0 Å². The van der Waals surface area contributed by atoms with Gasteiger partial charge in [-0.2, -0.15) is 0 Å². The molecule has 12 heavy (non-hydrogen) atoms. The maximum atomic E-state index is 9.88. The van der Waals surface area contributed by atoms with Gasteiger partial charge in [0.2, 0.25) is 0 Å². The standard InChI is InChI=1S/C7H4N3O2/c11-5-12-10-7-4-2-1-3-6(7)8-9-10/h1-4H. The molecule has 0 aliphatic carbocycles. The fraction of sp³-hybridized carbons (Fsp3) is 0. The van der Waals surface area contributed by atoms with Crippen molar-refractivity contribution in [3.05, 3.63) is 24.3 Å². The summed E-state index contributed by atoms with van der Waals surface area (Å²) in [5.41, 5.74) is 1.31. The smallest absolute Gasteiger partial charge is 0.305 e. The third-order valence-corrected chi connectivity index (χ3v) is 1.45. The van der Waals surface area contributed by atoms with Gasteiger partial charge in [0.1, 0.15) is 11.0 Å². The zero-order valence-electron chi connectivity index (χ0n) is 5.97. The first-order valence-corrected chi connectivity index (χ1v) is 3.27. The molecule has 0 unspecified atom stereocenters. The van der Waals surface area contributed by atoms with Gasteiger partial charge in [-0.05, 0) is 17.3 Å². The molecule has 0 spiro atoms. The van der Waals surface area contributed by atoms with E-state index in [1.165, 1.54) is 6.47 Å². The second-order valence-electron chi connectivity index (χ2n) is 2.13. The molecule has 1 radical (unpaired) electrons. The van der Waals surface area contributed by atoms with E-state index in [0.29, 0.717) is 11.0 Å². The Balaban J connectivity index is 2.62. The van der Waals surface area contributed by atoms with Crippen LogP contribution < -0.4 is 4.84 Å². The van der Waals surface area contributed by atoms with Gasteiger partial charge in [0, 0.05) is 0 Å². The Hall–Kier alpha value is -1.91. The maximum Gasteiger partial charge on any atom is 0.445 e. The summed E-state index contributed by atoms with van der Waals surface area (Å²) in [6.45, 7) is 1.27. The van der Waals surface area contributed by atoms with Crippen LogP contribution in [0.5, 0.6) is 0 Å². The van der Waals surface area contributed by atoms with Gasteiger partial charge in [-0.1, -0.05) is 17.0 Å². The van der Waals surface area contributed by atoms with E-state index in [4.69, 9.17) is 0 Å². The molecule has 0 atom stereocenters. The fourth-order valence-corrected chi connectivity index (χ4v) is 0.950. The van der Waals surface area contributed by atoms with Crippen molar-refractivity contribution in [2.75, 3.05) is 0 Å².